The first kappa shape index (κ1) is 29.6. The van der Waals surface area contributed by atoms with Crippen molar-refractivity contribution in [3.8, 4) is 0 Å². The lowest BCUT2D eigenvalue weighted by atomic mass is 9.89. The van der Waals surface area contributed by atoms with Crippen LogP contribution in [-0.4, -0.2) is 34.8 Å². The zero-order valence-corrected chi connectivity index (χ0v) is 26.6. The van der Waals surface area contributed by atoms with Crippen molar-refractivity contribution in [2.45, 2.75) is 106 Å². The molecule has 0 spiro atoms. The maximum absolute atomic E-state index is 14.0. The number of benzene rings is 2. The van der Waals surface area contributed by atoms with Crippen molar-refractivity contribution in [1.29, 1.82) is 0 Å². The molecule has 0 bridgehead atoms. The summed E-state index contributed by atoms with van der Waals surface area (Å²) in [6.45, 7) is 23.0. The monoisotopic (exact) mass is 548 g/mol. The van der Waals surface area contributed by atoms with Gasteiger partial charge in [0.1, 0.15) is 16.9 Å². The molecule has 0 aliphatic carbocycles. The summed E-state index contributed by atoms with van der Waals surface area (Å²) in [7, 11) is -4.23. The smallest absolute Gasteiger partial charge is 0.192 e. The molecule has 1 aliphatic heterocycles. The summed E-state index contributed by atoms with van der Waals surface area (Å²) in [6.07, 6.45) is 0.541. The van der Waals surface area contributed by atoms with Gasteiger partial charge in [0.05, 0.1) is 12.7 Å². The van der Waals surface area contributed by atoms with E-state index < -0.39 is 22.2 Å². The van der Waals surface area contributed by atoms with Crippen molar-refractivity contribution in [2.24, 2.45) is 0 Å². The summed E-state index contributed by atoms with van der Waals surface area (Å²) in [4.78, 5) is 1.16. The van der Waals surface area contributed by atoms with E-state index >= 15 is 0 Å². The van der Waals surface area contributed by atoms with Gasteiger partial charge in [0.2, 0.25) is 0 Å². The lowest BCUT2D eigenvalue weighted by Crippen LogP contribution is -2.53. The minimum absolute atomic E-state index is 0.0481. The van der Waals surface area contributed by atoms with E-state index in [0.717, 1.165) is 16.9 Å². The fourth-order valence-electron chi connectivity index (χ4n) is 3.82. The van der Waals surface area contributed by atoms with Crippen LogP contribution in [-0.2, 0) is 19.2 Å². The summed E-state index contributed by atoms with van der Waals surface area (Å²) in [5.41, 5.74) is 0.00303. The van der Waals surface area contributed by atoms with Crippen molar-refractivity contribution in [1.82, 2.24) is 0 Å². The number of ether oxygens (including phenoxy) is 1. The van der Waals surface area contributed by atoms with Crippen LogP contribution < -0.4 is 0 Å². The number of halogens is 1. The average molecular weight is 549 g/mol. The first-order chi connectivity index (χ1) is 16.5. The quantitative estimate of drug-likeness (QED) is 0.308. The minimum atomic E-state index is -2.14. The molecule has 0 amide bonds. The molecule has 1 unspecified atom stereocenters. The van der Waals surface area contributed by atoms with E-state index in [1.165, 1.54) is 12.1 Å². The van der Waals surface area contributed by atoms with Crippen LogP contribution in [0.25, 0.3) is 0 Å². The van der Waals surface area contributed by atoms with Gasteiger partial charge in [-0.1, -0.05) is 83.6 Å². The second-order valence-electron chi connectivity index (χ2n) is 13.0. The highest BCUT2D eigenvalue weighted by molar-refractivity contribution is 7.99. The van der Waals surface area contributed by atoms with E-state index in [0.29, 0.717) is 6.61 Å². The number of thioether (sulfide) groups is 1. The Balaban J connectivity index is 2.06. The molecule has 1 aliphatic rings. The van der Waals surface area contributed by atoms with Gasteiger partial charge < -0.3 is 13.6 Å². The summed E-state index contributed by atoms with van der Waals surface area (Å²) in [5, 5.41) is 0.107. The largest absolute Gasteiger partial charge is 0.413 e. The topological polar surface area (TPSA) is 27.7 Å². The SMILES string of the molecule is CC(C)(C)[Si](C)(C)OC[C@@]1(c2ccc(F)cc2)OC(Sc2ccccc2)C[C@H]1O[Si](C)(C)C(C)(C)C. The Labute approximate surface area is 224 Å². The summed E-state index contributed by atoms with van der Waals surface area (Å²) in [5.74, 6) is -0.255. The fraction of sp³-hybridized carbons (Fsp3) is 0.586. The summed E-state index contributed by atoms with van der Waals surface area (Å²) >= 11 is 1.72. The second kappa shape index (κ2) is 10.7. The minimum Gasteiger partial charge on any atom is -0.413 e. The molecule has 36 heavy (non-hydrogen) atoms. The van der Waals surface area contributed by atoms with Crippen molar-refractivity contribution in [3.05, 3.63) is 66.0 Å². The van der Waals surface area contributed by atoms with Gasteiger partial charge in [0.25, 0.3) is 0 Å². The highest BCUT2D eigenvalue weighted by Gasteiger charge is 2.55. The maximum atomic E-state index is 14.0. The molecule has 0 aromatic heterocycles. The highest BCUT2D eigenvalue weighted by Crippen LogP contribution is 2.50. The Kier molecular flexibility index (Phi) is 8.76. The van der Waals surface area contributed by atoms with Crippen molar-refractivity contribution in [3.63, 3.8) is 0 Å². The highest BCUT2D eigenvalue weighted by atomic mass is 32.2. The molecule has 0 radical (unpaired) electrons. The Morgan fingerprint density at radius 3 is 1.97 bits per heavy atom. The molecular weight excluding hydrogens is 504 g/mol. The average Bonchev–Trinajstić information content (AvgIpc) is 3.09. The van der Waals surface area contributed by atoms with Crippen molar-refractivity contribution in [2.75, 3.05) is 6.61 Å². The Morgan fingerprint density at radius 2 is 1.44 bits per heavy atom. The van der Waals surface area contributed by atoms with Gasteiger partial charge >= 0.3 is 0 Å². The van der Waals surface area contributed by atoms with Gasteiger partial charge in [-0.05, 0) is 66.1 Å². The number of hydrogen-bond acceptors (Lipinski definition) is 4. The molecule has 0 N–H and O–H groups in total. The van der Waals surface area contributed by atoms with Gasteiger partial charge in [-0.15, -0.1) is 0 Å². The zero-order valence-electron chi connectivity index (χ0n) is 23.8. The maximum Gasteiger partial charge on any atom is 0.192 e. The van der Waals surface area contributed by atoms with Crippen molar-refractivity contribution < 1.29 is 18.0 Å². The lowest BCUT2D eigenvalue weighted by Gasteiger charge is -2.45. The molecular formula is C29H45FO3SSi2. The van der Waals surface area contributed by atoms with Crippen molar-refractivity contribution >= 4 is 28.4 Å². The third-order valence-electron chi connectivity index (χ3n) is 8.31. The number of rotatable bonds is 8. The van der Waals surface area contributed by atoms with E-state index in [2.05, 4.69) is 92.0 Å². The molecule has 1 heterocycles. The van der Waals surface area contributed by atoms with Crippen LogP contribution >= 0.6 is 11.8 Å². The van der Waals surface area contributed by atoms with Gasteiger partial charge in [-0.3, -0.25) is 0 Å². The molecule has 3 atom stereocenters. The molecule has 2 aromatic rings. The van der Waals surface area contributed by atoms with Gasteiger partial charge in [-0.2, -0.15) is 0 Å². The molecule has 3 rings (SSSR count). The van der Waals surface area contributed by atoms with Crippen LogP contribution in [0.3, 0.4) is 0 Å². The second-order valence-corrected chi connectivity index (χ2v) is 23.8. The lowest BCUT2D eigenvalue weighted by molar-refractivity contribution is -0.0944. The predicted octanol–water partition coefficient (Wildman–Crippen LogP) is 8.97. The third kappa shape index (κ3) is 6.53. The first-order valence-electron chi connectivity index (χ1n) is 12.9. The van der Waals surface area contributed by atoms with E-state index in [9.17, 15) is 4.39 Å². The van der Waals surface area contributed by atoms with Crippen LogP contribution in [0.4, 0.5) is 4.39 Å². The molecule has 7 heteroatoms. The van der Waals surface area contributed by atoms with Crippen LogP contribution in [0.2, 0.25) is 36.3 Å². The third-order valence-corrected chi connectivity index (χ3v) is 18.4. The molecule has 2 aromatic carbocycles. The first-order valence-corrected chi connectivity index (χ1v) is 19.6. The van der Waals surface area contributed by atoms with Gasteiger partial charge in [0.15, 0.2) is 16.6 Å². The molecule has 1 fully saturated rings. The van der Waals surface area contributed by atoms with Gasteiger partial charge in [-0.25, -0.2) is 4.39 Å². The van der Waals surface area contributed by atoms with Crippen LogP contribution in [0.15, 0.2) is 59.5 Å². The number of hydrogen-bond donors (Lipinski definition) is 0. The zero-order chi connectivity index (χ0) is 27.0. The van der Waals surface area contributed by atoms with Crippen LogP contribution in [0, 0.1) is 5.82 Å². The molecule has 200 valence electrons. The van der Waals surface area contributed by atoms with Gasteiger partial charge in [0, 0.05) is 11.3 Å². The van der Waals surface area contributed by atoms with E-state index in [-0.39, 0.29) is 27.4 Å². The van der Waals surface area contributed by atoms with E-state index in [1.807, 2.05) is 18.2 Å². The predicted molar refractivity (Wildman–Crippen MR) is 155 cm³/mol. The standard InChI is InChI=1S/C29H45FO3SSi2/c1-27(2,3)35(7,8)31-21-29(22-16-18-23(30)19-17-22)25(33-36(9,10)28(4,5)6)20-26(32-29)34-24-14-12-11-13-15-24/h11-19,25-26H,20-21H2,1-10H3/t25-,26?,29+/m1/s1. The van der Waals surface area contributed by atoms with E-state index in [4.69, 9.17) is 13.6 Å². The van der Waals surface area contributed by atoms with Crippen LogP contribution in [0.5, 0.6) is 0 Å². The summed E-state index contributed by atoms with van der Waals surface area (Å²) < 4.78 is 35.0. The molecule has 0 saturated carbocycles. The molecule has 1 saturated heterocycles. The molecule has 3 nitrogen and oxygen atoms in total. The Morgan fingerprint density at radius 1 is 0.889 bits per heavy atom. The normalized spacial score (nSPS) is 23.8. The fourth-order valence-corrected chi connectivity index (χ4v) is 7.29. The van der Waals surface area contributed by atoms with E-state index in [1.54, 1.807) is 11.8 Å². The summed E-state index contributed by atoms with van der Waals surface area (Å²) in [6, 6.07) is 17.1. The Bertz CT molecular complexity index is 1000. The Hall–Kier alpha value is -0.966. The van der Waals surface area contributed by atoms with Crippen LogP contribution in [0.1, 0.15) is 53.5 Å².